The number of carbonyl (C=O) groups excluding carboxylic acids is 1. The van der Waals surface area contributed by atoms with Crippen LogP contribution in [0.4, 0.5) is 5.69 Å². The molecule has 10 heteroatoms. The lowest BCUT2D eigenvalue weighted by atomic mass is 10.2. The third-order valence-corrected chi connectivity index (χ3v) is 4.95. The van der Waals surface area contributed by atoms with Crippen LogP contribution in [0.15, 0.2) is 47.6 Å². The SMILES string of the molecule is COc1cccc(-c2nnc(SCC(=O)Nc3ccc(OC)cc3OC)n2N)c1. The second kappa shape index (κ2) is 9.20. The minimum atomic E-state index is -0.232. The molecule has 3 N–H and O–H groups in total. The number of anilines is 1. The average molecular weight is 415 g/mol. The van der Waals surface area contributed by atoms with Gasteiger partial charge in [-0.2, -0.15) is 0 Å². The first-order valence-corrected chi connectivity index (χ1v) is 9.54. The van der Waals surface area contributed by atoms with Crippen LogP contribution in [-0.2, 0) is 4.79 Å². The fourth-order valence-electron chi connectivity index (χ4n) is 2.55. The largest absolute Gasteiger partial charge is 0.497 e. The van der Waals surface area contributed by atoms with Crippen LogP contribution in [0.1, 0.15) is 0 Å². The van der Waals surface area contributed by atoms with Gasteiger partial charge in [0.15, 0.2) is 5.82 Å². The minimum Gasteiger partial charge on any atom is -0.497 e. The highest BCUT2D eigenvalue weighted by molar-refractivity contribution is 7.99. The Balaban J connectivity index is 1.66. The van der Waals surface area contributed by atoms with Crippen LogP contribution in [0.3, 0.4) is 0 Å². The highest BCUT2D eigenvalue weighted by Gasteiger charge is 2.15. The molecule has 0 aliphatic heterocycles. The number of ether oxygens (including phenoxy) is 3. The van der Waals surface area contributed by atoms with Crippen molar-refractivity contribution < 1.29 is 19.0 Å². The van der Waals surface area contributed by atoms with Gasteiger partial charge in [-0.15, -0.1) is 10.2 Å². The molecule has 0 radical (unpaired) electrons. The van der Waals surface area contributed by atoms with Crippen LogP contribution in [0.2, 0.25) is 0 Å². The van der Waals surface area contributed by atoms with Crippen molar-refractivity contribution in [2.24, 2.45) is 0 Å². The number of nitrogens with one attached hydrogen (secondary N) is 1. The van der Waals surface area contributed by atoms with Crippen molar-refractivity contribution in [3.05, 3.63) is 42.5 Å². The van der Waals surface area contributed by atoms with E-state index in [1.54, 1.807) is 32.4 Å². The number of benzene rings is 2. The summed E-state index contributed by atoms with van der Waals surface area (Å²) in [6.07, 6.45) is 0. The Labute approximate surface area is 172 Å². The van der Waals surface area contributed by atoms with E-state index in [1.807, 2.05) is 24.3 Å². The second-order valence-corrected chi connectivity index (χ2v) is 6.75. The summed E-state index contributed by atoms with van der Waals surface area (Å²) in [5.74, 6) is 8.28. The number of nitrogens with zero attached hydrogens (tertiary/aromatic N) is 3. The number of methoxy groups -OCH3 is 3. The van der Waals surface area contributed by atoms with Gasteiger partial charge in [-0.3, -0.25) is 4.79 Å². The van der Waals surface area contributed by atoms with E-state index in [-0.39, 0.29) is 11.7 Å². The van der Waals surface area contributed by atoms with Crippen molar-refractivity contribution in [3.63, 3.8) is 0 Å². The molecule has 3 rings (SSSR count). The third kappa shape index (κ3) is 4.72. The summed E-state index contributed by atoms with van der Waals surface area (Å²) in [4.78, 5) is 12.3. The fraction of sp³-hybridized carbons (Fsp3) is 0.211. The van der Waals surface area contributed by atoms with Crippen molar-refractivity contribution >= 4 is 23.4 Å². The molecular formula is C19H21N5O4S. The van der Waals surface area contributed by atoms with Crippen molar-refractivity contribution in [3.8, 4) is 28.6 Å². The number of carbonyl (C=O) groups is 1. The Morgan fingerprint density at radius 2 is 1.83 bits per heavy atom. The summed E-state index contributed by atoms with van der Waals surface area (Å²) in [5.41, 5.74) is 1.31. The van der Waals surface area contributed by atoms with E-state index in [2.05, 4.69) is 15.5 Å². The lowest BCUT2D eigenvalue weighted by Crippen LogP contribution is -2.17. The molecule has 152 valence electrons. The van der Waals surface area contributed by atoms with E-state index in [1.165, 1.54) is 23.5 Å². The molecule has 0 fully saturated rings. The second-order valence-electron chi connectivity index (χ2n) is 5.81. The molecule has 2 aromatic carbocycles. The van der Waals surface area contributed by atoms with E-state index >= 15 is 0 Å². The van der Waals surface area contributed by atoms with Crippen LogP contribution in [0.5, 0.6) is 17.2 Å². The summed E-state index contributed by atoms with van der Waals surface area (Å²) in [5, 5.41) is 11.4. The molecule has 1 amide bonds. The lowest BCUT2D eigenvalue weighted by molar-refractivity contribution is -0.113. The standard InChI is InChI=1S/C19H21N5O4S/c1-26-13-6-4-5-12(9-13)18-22-23-19(24(18)20)29-11-17(25)21-15-8-7-14(27-2)10-16(15)28-3/h4-10H,11,20H2,1-3H3,(H,21,25). The van der Waals surface area contributed by atoms with Crippen molar-refractivity contribution in [2.75, 3.05) is 38.2 Å². The normalized spacial score (nSPS) is 10.4. The average Bonchev–Trinajstić information content (AvgIpc) is 3.12. The highest BCUT2D eigenvalue weighted by atomic mass is 32.2. The molecule has 0 aliphatic rings. The van der Waals surface area contributed by atoms with Crippen LogP contribution < -0.4 is 25.4 Å². The number of aromatic nitrogens is 3. The van der Waals surface area contributed by atoms with E-state index < -0.39 is 0 Å². The highest BCUT2D eigenvalue weighted by Crippen LogP contribution is 2.29. The summed E-state index contributed by atoms with van der Waals surface area (Å²) in [6.45, 7) is 0. The summed E-state index contributed by atoms with van der Waals surface area (Å²) in [7, 11) is 4.67. The Hall–Kier alpha value is -3.40. The number of nitrogens with two attached hydrogens (primary N) is 1. The van der Waals surface area contributed by atoms with E-state index in [0.29, 0.717) is 33.9 Å². The number of rotatable bonds is 8. The number of thioether (sulfide) groups is 1. The maximum Gasteiger partial charge on any atom is 0.234 e. The maximum absolute atomic E-state index is 12.3. The number of amides is 1. The topological polar surface area (TPSA) is 114 Å². The molecule has 0 aliphatic carbocycles. The molecule has 0 atom stereocenters. The van der Waals surface area contributed by atoms with E-state index in [4.69, 9.17) is 20.1 Å². The molecule has 1 heterocycles. The van der Waals surface area contributed by atoms with Crippen LogP contribution in [0, 0.1) is 0 Å². The molecule has 3 aromatic rings. The zero-order chi connectivity index (χ0) is 20.8. The van der Waals surface area contributed by atoms with E-state index in [0.717, 1.165) is 5.56 Å². The number of hydrogen-bond donors (Lipinski definition) is 2. The fourth-order valence-corrected chi connectivity index (χ4v) is 3.21. The zero-order valence-electron chi connectivity index (χ0n) is 16.2. The zero-order valence-corrected chi connectivity index (χ0v) is 17.0. The Bertz CT molecular complexity index is 1010. The molecule has 0 saturated heterocycles. The first-order valence-electron chi connectivity index (χ1n) is 8.55. The summed E-state index contributed by atoms with van der Waals surface area (Å²) < 4.78 is 17.0. The lowest BCUT2D eigenvalue weighted by Gasteiger charge is -2.11. The first-order chi connectivity index (χ1) is 14.0. The third-order valence-electron chi connectivity index (χ3n) is 4.01. The smallest absolute Gasteiger partial charge is 0.234 e. The molecular weight excluding hydrogens is 394 g/mol. The quantitative estimate of drug-likeness (QED) is 0.426. The Kier molecular flexibility index (Phi) is 6.45. The Morgan fingerprint density at radius 3 is 2.55 bits per heavy atom. The summed E-state index contributed by atoms with van der Waals surface area (Å²) >= 11 is 1.18. The number of hydrogen-bond acceptors (Lipinski definition) is 8. The van der Waals surface area contributed by atoms with Gasteiger partial charge >= 0.3 is 0 Å². The van der Waals surface area contributed by atoms with Gasteiger partial charge in [-0.25, -0.2) is 4.68 Å². The van der Waals surface area contributed by atoms with Gasteiger partial charge in [0, 0.05) is 11.6 Å². The van der Waals surface area contributed by atoms with Gasteiger partial charge in [0.25, 0.3) is 0 Å². The molecule has 0 saturated carbocycles. The van der Waals surface area contributed by atoms with Crippen LogP contribution in [0.25, 0.3) is 11.4 Å². The van der Waals surface area contributed by atoms with Gasteiger partial charge < -0.3 is 25.4 Å². The summed E-state index contributed by atoms with van der Waals surface area (Å²) in [6, 6.07) is 12.5. The van der Waals surface area contributed by atoms with Gasteiger partial charge in [0.05, 0.1) is 32.8 Å². The first kappa shape index (κ1) is 20.3. The maximum atomic E-state index is 12.3. The molecule has 29 heavy (non-hydrogen) atoms. The number of nitrogen functional groups attached to an aromatic ring is 1. The predicted molar refractivity (Wildman–Crippen MR) is 111 cm³/mol. The van der Waals surface area contributed by atoms with Gasteiger partial charge in [0.2, 0.25) is 11.1 Å². The van der Waals surface area contributed by atoms with Crippen LogP contribution in [-0.4, -0.2) is 47.9 Å². The molecule has 0 bridgehead atoms. The molecule has 0 unspecified atom stereocenters. The van der Waals surface area contributed by atoms with Crippen molar-refractivity contribution in [1.82, 2.24) is 14.9 Å². The van der Waals surface area contributed by atoms with Crippen molar-refractivity contribution in [2.45, 2.75) is 5.16 Å². The van der Waals surface area contributed by atoms with Crippen LogP contribution >= 0.6 is 11.8 Å². The minimum absolute atomic E-state index is 0.0998. The van der Waals surface area contributed by atoms with Gasteiger partial charge in [0.1, 0.15) is 17.2 Å². The van der Waals surface area contributed by atoms with Crippen molar-refractivity contribution in [1.29, 1.82) is 0 Å². The molecule has 1 aromatic heterocycles. The van der Waals surface area contributed by atoms with E-state index in [9.17, 15) is 4.79 Å². The predicted octanol–water partition coefficient (Wildman–Crippen LogP) is 2.42. The molecule has 9 nitrogen and oxygen atoms in total. The monoisotopic (exact) mass is 415 g/mol. The van der Waals surface area contributed by atoms with Gasteiger partial charge in [-0.1, -0.05) is 23.9 Å². The van der Waals surface area contributed by atoms with Gasteiger partial charge in [-0.05, 0) is 24.3 Å². The molecule has 0 spiro atoms. The Morgan fingerprint density at radius 1 is 1.07 bits per heavy atom.